The maximum absolute atomic E-state index is 11.9. The second kappa shape index (κ2) is 8.14. The molecule has 0 radical (unpaired) electrons. The van der Waals surface area contributed by atoms with Crippen molar-refractivity contribution in [3.8, 4) is 0 Å². The van der Waals surface area contributed by atoms with E-state index in [1.807, 2.05) is 24.1 Å². The van der Waals surface area contributed by atoms with E-state index < -0.39 is 0 Å². The molecule has 26 heavy (non-hydrogen) atoms. The van der Waals surface area contributed by atoms with E-state index in [4.69, 9.17) is 16.3 Å². The van der Waals surface area contributed by atoms with Gasteiger partial charge in [-0.25, -0.2) is 4.79 Å². The lowest BCUT2D eigenvalue weighted by atomic mass is 9.91. The second-order valence-corrected chi connectivity index (χ2v) is 8.04. The van der Waals surface area contributed by atoms with Gasteiger partial charge in [-0.3, -0.25) is 5.10 Å². The van der Waals surface area contributed by atoms with E-state index in [1.54, 1.807) is 11.0 Å². The summed E-state index contributed by atoms with van der Waals surface area (Å²) < 4.78 is 5.87. The fourth-order valence-corrected chi connectivity index (χ4v) is 4.28. The van der Waals surface area contributed by atoms with Crippen LogP contribution in [0.2, 0.25) is 4.34 Å². The van der Waals surface area contributed by atoms with Gasteiger partial charge in [0, 0.05) is 37.3 Å². The molecule has 2 aromatic rings. The van der Waals surface area contributed by atoms with Gasteiger partial charge in [-0.05, 0) is 31.9 Å². The van der Waals surface area contributed by atoms with Crippen LogP contribution in [0.3, 0.4) is 0 Å². The maximum atomic E-state index is 11.9. The summed E-state index contributed by atoms with van der Waals surface area (Å²) >= 11 is 7.57. The highest BCUT2D eigenvalue weighted by Gasteiger charge is 2.28. The topological polar surface area (TPSA) is 61.5 Å². The number of ether oxygens (including phenoxy) is 1. The molecule has 3 heterocycles. The molecule has 0 aliphatic carbocycles. The van der Waals surface area contributed by atoms with Crippen LogP contribution in [0.15, 0.2) is 24.8 Å². The van der Waals surface area contributed by atoms with Crippen molar-refractivity contribution in [3.05, 3.63) is 40.4 Å². The standard InChI is InChI=1S/C18H23ClN4O2S/c1-4-11-25-18(24)23-9-7-13(8-10-23)16-12(2)17(21-20-16)22(3)15-6-5-14(19)26-15/h4-6,13H,1,7-11H2,2-3H3,(H,20,21). The average Bonchev–Trinajstić information content (AvgIpc) is 3.25. The van der Waals surface area contributed by atoms with Crippen LogP contribution in [-0.2, 0) is 4.74 Å². The third-order valence-electron chi connectivity index (χ3n) is 4.72. The Balaban J connectivity index is 1.65. The monoisotopic (exact) mass is 394 g/mol. The van der Waals surface area contributed by atoms with Gasteiger partial charge in [0.05, 0.1) is 9.34 Å². The SMILES string of the molecule is C=CCOC(=O)N1CCC(c2[nH]nc(N(C)c3ccc(Cl)s3)c2C)CC1. The Morgan fingerprint density at radius 3 is 2.88 bits per heavy atom. The van der Waals surface area contributed by atoms with Gasteiger partial charge >= 0.3 is 6.09 Å². The van der Waals surface area contributed by atoms with Gasteiger partial charge in [0.25, 0.3) is 0 Å². The molecule has 1 amide bonds. The number of H-pyrrole nitrogens is 1. The Hall–Kier alpha value is -1.99. The summed E-state index contributed by atoms with van der Waals surface area (Å²) in [6.45, 7) is 7.27. The maximum Gasteiger partial charge on any atom is 0.410 e. The highest BCUT2D eigenvalue weighted by Crippen LogP contribution is 2.37. The lowest BCUT2D eigenvalue weighted by Crippen LogP contribution is -2.38. The molecule has 0 aromatic carbocycles. The molecule has 8 heteroatoms. The van der Waals surface area contributed by atoms with E-state index in [-0.39, 0.29) is 12.7 Å². The van der Waals surface area contributed by atoms with Gasteiger partial charge < -0.3 is 14.5 Å². The van der Waals surface area contributed by atoms with Crippen LogP contribution in [0.25, 0.3) is 0 Å². The van der Waals surface area contributed by atoms with Crippen molar-refractivity contribution in [1.82, 2.24) is 15.1 Å². The fourth-order valence-electron chi connectivity index (χ4n) is 3.29. The molecule has 1 saturated heterocycles. The van der Waals surface area contributed by atoms with Crippen molar-refractivity contribution < 1.29 is 9.53 Å². The van der Waals surface area contributed by atoms with Crippen molar-refractivity contribution >= 4 is 39.8 Å². The predicted molar refractivity (Wildman–Crippen MR) is 106 cm³/mol. The summed E-state index contributed by atoms with van der Waals surface area (Å²) in [7, 11) is 1.99. The van der Waals surface area contributed by atoms with Crippen molar-refractivity contribution in [1.29, 1.82) is 0 Å². The number of nitrogens with one attached hydrogen (secondary N) is 1. The predicted octanol–water partition coefficient (Wildman–Crippen LogP) is 4.70. The van der Waals surface area contributed by atoms with E-state index in [0.29, 0.717) is 19.0 Å². The molecule has 0 spiro atoms. The number of nitrogens with zero attached hydrogens (tertiary/aromatic N) is 3. The molecule has 3 rings (SSSR count). The van der Waals surface area contributed by atoms with Crippen LogP contribution >= 0.6 is 22.9 Å². The highest BCUT2D eigenvalue weighted by atomic mass is 35.5. The van der Waals surface area contributed by atoms with Crippen LogP contribution in [-0.4, -0.2) is 47.9 Å². The Labute approximate surface area is 162 Å². The average molecular weight is 395 g/mol. The number of piperidine rings is 1. The lowest BCUT2D eigenvalue weighted by Gasteiger charge is -2.31. The third-order valence-corrected chi connectivity index (χ3v) is 6.02. The van der Waals surface area contributed by atoms with Crippen LogP contribution in [0, 0.1) is 6.92 Å². The summed E-state index contributed by atoms with van der Waals surface area (Å²) in [5, 5.41) is 8.78. The second-order valence-electron chi connectivity index (χ2n) is 6.35. The lowest BCUT2D eigenvalue weighted by molar-refractivity contribution is 0.102. The van der Waals surface area contributed by atoms with Gasteiger partial charge in [-0.15, -0.1) is 11.3 Å². The Kier molecular flexibility index (Phi) is 5.88. The van der Waals surface area contributed by atoms with Crippen molar-refractivity contribution in [2.45, 2.75) is 25.7 Å². The quantitative estimate of drug-likeness (QED) is 0.746. The van der Waals surface area contributed by atoms with Crippen LogP contribution in [0.5, 0.6) is 0 Å². The Morgan fingerprint density at radius 2 is 2.27 bits per heavy atom. The third kappa shape index (κ3) is 3.88. The molecule has 1 aliphatic rings. The zero-order valence-corrected chi connectivity index (χ0v) is 16.6. The molecule has 0 unspecified atom stereocenters. The minimum atomic E-state index is -0.264. The molecule has 6 nitrogen and oxygen atoms in total. The van der Waals surface area contributed by atoms with Gasteiger partial charge in [0.15, 0.2) is 5.82 Å². The number of carbonyl (C=O) groups excluding carboxylic acids is 1. The van der Waals surface area contributed by atoms with Gasteiger partial charge in [0.2, 0.25) is 0 Å². The number of likely N-dealkylation sites (tertiary alicyclic amines) is 1. The number of aromatic nitrogens is 2. The number of anilines is 2. The van der Waals surface area contributed by atoms with E-state index >= 15 is 0 Å². The Bertz CT molecular complexity index is 780. The van der Waals surface area contributed by atoms with Gasteiger partial charge in [0.1, 0.15) is 6.61 Å². The van der Waals surface area contributed by atoms with Crippen molar-refractivity contribution in [2.24, 2.45) is 0 Å². The van der Waals surface area contributed by atoms with Crippen molar-refractivity contribution in [3.63, 3.8) is 0 Å². The van der Waals surface area contributed by atoms with E-state index in [1.165, 1.54) is 11.3 Å². The number of thiophene rings is 1. The first-order valence-electron chi connectivity index (χ1n) is 8.57. The van der Waals surface area contributed by atoms with Gasteiger partial charge in [-0.1, -0.05) is 24.3 Å². The molecular formula is C18H23ClN4O2S. The molecule has 1 aliphatic heterocycles. The number of hydrogen-bond donors (Lipinski definition) is 1. The molecule has 1 fully saturated rings. The molecule has 0 atom stereocenters. The Morgan fingerprint density at radius 1 is 1.54 bits per heavy atom. The molecule has 2 aromatic heterocycles. The molecule has 140 valence electrons. The summed E-state index contributed by atoms with van der Waals surface area (Å²) in [5.74, 6) is 1.27. The zero-order valence-electron chi connectivity index (χ0n) is 15.0. The fraction of sp³-hybridized carbons (Fsp3) is 0.444. The number of rotatable bonds is 5. The molecule has 0 saturated carbocycles. The first-order valence-corrected chi connectivity index (χ1v) is 9.77. The molecule has 0 bridgehead atoms. The van der Waals surface area contributed by atoms with E-state index in [9.17, 15) is 4.79 Å². The van der Waals surface area contributed by atoms with Gasteiger partial charge in [-0.2, -0.15) is 5.10 Å². The summed E-state index contributed by atoms with van der Waals surface area (Å²) in [6.07, 6.45) is 3.09. The van der Waals surface area contributed by atoms with Crippen molar-refractivity contribution in [2.75, 3.05) is 31.6 Å². The van der Waals surface area contributed by atoms with E-state index in [2.05, 4.69) is 23.7 Å². The normalized spacial score (nSPS) is 15.1. The molecule has 1 N–H and O–H groups in total. The number of halogens is 1. The summed E-state index contributed by atoms with van der Waals surface area (Å²) in [5.41, 5.74) is 2.29. The number of amides is 1. The van der Waals surface area contributed by atoms with Crippen LogP contribution < -0.4 is 4.90 Å². The first-order chi connectivity index (χ1) is 12.5. The number of aromatic amines is 1. The number of hydrogen-bond acceptors (Lipinski definition) is 5. The summed E-state index contributed by atoms with van der Waals surface area (Å²) in [4.78, 5) is 15.7. The largest absolute Gasteiger partial charge is 0.445 e. The number of carbonyl (C=O) groups is 1. The smallest absolute Gasteiger partial charge is 0.410 e. The van der Waals surface area contributed by atoms with Crippen LogP contribution in [0.4, 0.5) is 15.6 Å². The zero-order chi connectivity index (χ0) is 18.7. The molecular weight excluding hydrogens is 372 g/mol. The minimum Gasteiger partial charge on any atom is -0.445 e. The van der Waals surface area contributed by atoms with E-state index in [0.717, 1.165) is 39.3 Å². The highest BCUT2D eigenvalue weighted by molar-refractivity contribution is 7.20. The first kappa shape index (κ1) is 18.8. The van der Waals surface area contributed by atoms with Crippen LogP contribution in [0.1, 0.15) is 30.0 Å². The summed E-state index contributed by atoms with van der Waals surface area (Å²) in [6, 6.07) is 3.89. The minimum absolute atomic E-state index is 0.251.